The zero-order valence-corrected chi connectivity index (χ0v) is 13.2. The maximum atomic E-state index is 9.49. The van der Waals surface area contributed by atoms with Gasteiger partial charge in [-0.2, -0.15) is 5.26 Å². The van der Waals surface area contributed by atoms with E-state index in [0.29, 0.717) is 10.8 Å². The van der Waals surface area contributed by atoms with Crippen LogP contribution in [0.1, 0.15) is 18.4 Å². The van der Waals surface area contributed by atoms with Gasteiger partial charge in [-0.15, -0.1) is 11.8 Å². The zero-order chi connectivity index (χ0) is 15.8. The van der Waals surface area contributed by atoms with Gasteiger partial charge in [0.25, 0.3) is 0 Å². The highest BCUT2D eigenvalue weighted by Gasteiger charge is 2.28. The molecule has 4 rings (SSSR count). The number of nitriles is 1. The van der Waals surface area contributed by atoms with Crippen LogP contribution in [0.4, 0.5) is 0 Å². The van der Waals surface area contributed by atoms with Crippen molar-refractivity contribution in [3.63, 3.8) is 0 Å². The maximum Gasteiger partial charge on any atom is 0.101 e. The normalized spacial score (nSPS) is 20.2. The predicted octanol–water partition coefficient (Wildman–Crippen LogP) is 3.49. The number of rotatable bonds is 3. The van der Waals surface area contributed by atoms with Gasteiger partial charge in [0, 0.05) is 34.3 Å². The summed E-state index contributed by atoms with van der Waals surface area (Å²) in [6.07, 6.45) is 7.19. The van der Waals surface area contributed by atoms with Crippen LogP contribution in [-0.2, 0) is 0 Å². The van der Waals surface area contributed by atoms with Crippen LogP contribution in [0.15, 0.2) is 53.8 Å². The Hall–Kier alpha value is -2.29. The van der Waals surface area contributed by atoms with Crippen LogP contribution in [0.5, 0.6) is 0 Å². The third-order valence-electron chi connectivity index (χ3n) is 4.23. The lowest BCUT2D eigenvalue weighted by Gasteiger charge is -2.31. The average Bonchev–Trinajstić information content (AvgIpc) is 3.03. The summed E-state index contributed by atoms with van der Waals surface area (Å²) in [4.78, 5) is 5.44. The lowest BCUT2D eigenvalue weighted by molar-refractivity contribution is 0.101. The SMILES string of the molecule is N#Cc1ccc(-c2cnccc2SC2CC(O)C2)n2cccc12. The second-order valence-corrected chi connectivity index (χ2v) is 7.09. The number of pyridine rings is 2. The monoisotopic (exact) mass is 321 g/mol. The van der Waals surface area contributed by atoms with E-state index in [1.54, 1.807) is 18.0 Å². The van der Waals surface area contributed by atoms with Crippen molar-refractivity contribution in [1.82, 2.24) is 9.38 Å². The van der Waals surface area contributed by atoms with E-state index in [-0.39, 0.29) is 6.10 Å². The fraction of sp³-hybridized carbons (Fsp3) is 0.222. The Morgan fingerprint density at radius 2 is 2.13 bits per heavy atom. The van der Waals surface area contributed by atoms with Crippen molar-refractivity contribution in [2.24, 2.45) is 0 Å². The molecule has 1 N–H and O–H groups in total. The summed E-state index contributed by atoms with van der Waals surface area (Å²) in [5.74, 6) is 0. The summed E-state index contributed by atoms with van der Waals surface area (Å²) in [6, 6.07) is 12.0. The van der Waals surface area contributed by atoms with Crippen LogP contribution < -0.4 is 0 Å². The summed E-state index contributed by atoms with van der Waals surface area (Å²) in [6.45, 7) is 0. The first-order valence-electron chi connectivity index (χ1n) is 7.55. The van der Waals surface area contributed by atoms with E-state index >= 15 is 0 Å². The number of thioether (sulfide) groups is 1. The van der Waals surface area contributed by atoms with Crippen LogP contribution in [-0.4, -0.2) is 25.8 Å². The van der Waals surface area contributed by atoms with Gasteiger partial charge in [0.15, 0.2) is 0 Å². The third kappa shape index (κ3) is 2.50. The molecular weight excluding hydrogens is 306 g/mol. The molecule has 0 spiro atoms. The average molecular weight is 321 g/mol. The molecule has 114 valence electrons. The zero-order valence-electron chi connectivity index (χ0n) is 12.4. The molecule has 0 radical (unpaired) electrons. The maximum absolute atomic E-state index is 9.49. The van der Waals surface area contributed by atoms with Crippen molar-refractivity contribution in [3.05, 3.63) is 54.5 Å². The minimum absolute atomic E-state index is 0.149. The highest BCUT2D eigenvalue weighted by Crippen LogP contribution is 2.40. The molecule has 0 saturated heterocycles. The molecule has 0 bridgehead atoms. The molecule has 0 unspecified atom stereocenters. The van der Waals surface area contributed by atoms with Crippen molar-refractivity contribution >= 4 is 17.3 Å². The molecule has 0 atom stereocenters. The Morgan fingerprint density at radius 1 is 1.26 bits per heavy atom. The third-order valence-corrected chi connectivity index (χ3v) is 5.56. The Morgan fingerprint density at radius 3 is 2.91 bits per heavy atom. The number of hydrogen-bond donors (Lipinski definition) is 1. The molecule has 1 fully saturated rings. The molecule has 4 nitrogen and oxygen atoms in total. The van der Waals surface area contributed by atoms with Crippen LogP contribution >= 0.6 is 11.8 Å². The van der Waals surface area contributed by atoms with Gasteiger partial charge in [0.05, 0.1) is 22.9 Å². The summed E-state index contributed by atoms with van der Waals surface area (Å²) in [5, 5.41) is 19.2. The lowest BCUT2D eigenvalue weighted by atomic mass is 9.96. The smallest absolute Gasteiger partial charge is 0.101 e. The fourth-order valence-corrected chi connectivity index (χ4v) is 4.36. The highest BCUT2D eigenvalue weighted by molar-refractivity contribution is 8.00. The van der Waals surface area contributed by atoms with E-state index in [4.69, 9.17) is 0 Å². The van der Waals surface area contributed by atoms with Crippen molar-refractivity contribution in [2.75, 3.05) is 0 Å². The van der Waals surface area contributed by atoms with Gasteiger partial charge >= 0.3 is 0 Å². The Labute approximate surface area is 138 Å². The topological polar surface area (TPSA) is 61.3 Å². The number of aromatic nitrogens is 2. The minimum Gasteiger partial charge on any atom is -0.393 e. The molecule has 23 heavy (non-hydrogen) atoms. The van der Waals surface area contributed by atoms with E-state index in [2.05, 4.69) is 11.1 Å². The first-order valence-corrected chi connectivity index (χ1v) is 8.43. The second-order valence-electron chi connectivity index (χ2n) is 5.74. The van der Waals surface area contributed by atoms with Crippen LogP contribution in [0.3, 0.4) is 0 Å². The number of aliphatic hydroxyl groups excluding tert-OH is 1. The largest absolute Gasteiger partial charge is 0.393 e. The molecule has 3 aromatic heterocycles. The first-order chi connectivity index (χ1) is 11.3. The summed E-state index contributed by atoms with van der Waals surface area (Å²) >= 11 is 1.80. The Bertz CT molecular complexity index is 906. The number of aliphatic hydroxyl groups is 1. The number of nitrogens with zero attached hydrogens (tertiary/aromatic N) is 3. The van der Waals surface area contributed by atoms with E-state index < -0.39 is 0 Å². The molecule has 1 aliphatic rings. The van der Waals surface area contributed by atoms with Gasteiger partial charge in [-0.1, -0.05) is 0 Å². The summed E-state index contributed by atoms with van der Waals surface area (Å²) in [5.41, 5.74) is 3.66. The quantitative estimate of drug-likeness (QED) is 0.802. The molecule has 5 heteroatoms. The van der Waals surface area contributed by atoms with E-state index in [0.717, 1.165) is 34.5 Å². The molecule has 0 aliphatic heterocycles. The standard InChI is InChI=1S/C18H15N3OS/c19-10-12-3-4-17(21-7-1-2-16(12)21)15-11-20-6-5-18(15)23-14-8-13(22)9-14/h1-7,11,13-14,22H,8-9H2. The van der Waals surface area contributed by atoms with Gasteiger partial charge in [0.2, 0.25) is 0 Å². The lowest BCUT2D eigenvalue weighted by Crippen LogP contribution is -2.30. The van der Waals surface area contributed by atoms with Gasteiger partial charge < -0.3 is 9.51 Å². The predicted molar refractivity (Wildman–Crippen MR) is 90.2 cm³/mol. The van der Waals surface area contributed by atoms with E-state index in [1.165, 1.54) is 0 Å². The van der Waals surface area contributed by atoms with E-state index in [1.807, 2.05) is 47.1 Å². The summed E-state index contributed by atoms with van der Waals surface area (Å²) in [7, 11) is 0. The molecule has 3 heterocycles. The fourth-order valence-electron chi connectivity index (χ4n) is 2.94. The second kappa shape index (κ2) is 5.73. The van der Waals surface area contributed by atoms with Crippen LogP contribution in [0.25, 0.3) is 16.8 Å². The van der Waals surface area contributed by atoms with Gasteiger partial charge in [-0.3, -0.25) is 4.98 Å². The van der Waals surface area contributed by atoms with Crippen molar-refractivity contribution in [2.45, 2.75) is 29.1 Å². The molecule has 1 aliphatic carbocycles. The Kier molecular flexibility index (Phi) is 3.56. The Balaban J connectivity index is 1.79. The van der Waals surface area contributed by atoms with Gasteiger partial charge in [-0.25, -0.2) is 0 Å². The van der Waals surface area contributed by atoms with E-state index in [9.17, 15) is 10.4 Å². The van der Waals surface area contributed by atoms with Crippen LogP contribution in [0, 0.1) is 11.3 Å². The molecule has 1 saturated carbocycles. The minimum atomic E-state index is -0.149. The molecular formula is C18H15N3OS. The highest BCUT2D eigenvalue weighted by atomic mass is 32.2. The summed E-state index contributed by atoms with van der Waals surface area (Å²) < 4.78 is 2.04. The van der Waals surface area contributed by atoms with Crippen molar-refractivity contribution in [1.29, 1.82) is 5.26 Å². The van der Waals surface area contributed by atoms with Gasteiger partial charge in [-0.05, 0) is 43.2 Å². The number of hydrogen-bond acceptors (Lipinski definition) is 4. The van der Waals surface area contributed by atoms with Gasteiger partial charge in [0.1, 0.15) is 6.07 Å². The number of fused-ring (bicyclic) bond motifs is 1. The van der Waals surface area contributed by atoms with Crippen molar-refractivity contribution < 1.29 is 5.11 Å². The van der Waals surface area contributed by atoms with Crippen molar-refractivity contribution in [3.8, 4) is 17.3 Å². The molecule has 0 aromatic carbocycles. The first kappa shape index (κ1) is 14.3. The van der Waals surface area contributed by atoms with Crippen LogP contribution in [0.2, 0.25) is 0 Å². The molecule has 0 amide bonds. The molecule has 3 aromatic rings.